The molecule has 3 aromatic carbocycles. The van der Waals surface area contributed by atoms with Gasteiger partial charge < -0.3 is 0 Å². The van der Waals surface area contributed by atoms with Crippen LogP contribution in [-0.4, -0.2) is 20.9 Å². The van der Waals surface area contributed by atoms with Gasteiger partial charge in [-0.2, -0.15) is 0 Å². The second kappa shape index (κ2) is 6.87. The molecule has 0 amide bonds. The molecular formula is C22H18O2Se. The summed E-state index contributed by atoms with van der Waals surface area (Å²) < 4.78 is 7.21. The van der Waals surface area contributed by atoms with Crippen LogP contribution in [0.25, 0.3) is 0 Å². The molecule has 0 spiro atoms. The fraction of sp³-hybridized carbons (Fsp3) is 0.136. The van der Waals surface area contributed by atoms with E-state index in [1.54, 1.807) is 0 Å². The zero-order chi connectivity index (χ0) is 17.2. The predicted molar refractivity (Wildman–Crippen MR) is 100 cm³/mol. The fourth-order valence-electron chi connectivity index (χ4n) is 3.10. The van der Waals surface area contributed by atoms with Gasteiger partial charge in [0.25, 0.3) is 0 Å². The maximum absolute atomic E-state index is 12.5. The molecule has 0 saturated carbocycles. The van der Waals surface area contributed by atoms with Crippen LogP contribution in [0.5, 0.6) is 0 Å². The van der Waals surface area contributed by atoms with E-state index in [1.807, 2.05) is 24.3 Å². The van der Waals surface area contributed by atoms with Crippen LogP contribution in [0.2, 0.25) is 0 Å². The van der Waals surface area contributed by atoms with Crippen molar-refractivity contribution < 1.29 is 9.53 Å². The molecule has 1 aliphatic rings. The van der Waals surface area contributed by atoms with Crippen molar-refractivity contribution in [2.45, 2.75) is 17.8 Å². The summed E-state index contributed by atoms with van der Waals surface area (Å²) >= 11 is 0.160. The van der Waals surface area contributed by atoms with Crippen molar-refractivity contribution in [1.82, 2.24) is 0 Å². The van der Waals surface area contributed by atoms with Crippen molar-refractivity contribution in [2.75, 3.05) is 0 Å². The zero-order valence-corrected chi connectivity index (χ0v) is 15.6. The number of esters is 1. The molecule has 0 radical (unpaired) electrons. The van der Waals surface area contributed by atoms with Gasteiger partial charge in [-0.25, -0.2) is 0 Å². The molecule has 0 aliphatic carbocycles. The summed E-state index contributed by atoms with van der Waals surface area (Å²) in [7, 11) is 0. The molecule has 25 heavy (non-hydrogen) atoms. The first kappa shape index (κ1) is 16.1. The molecule has 0 unspecified atom stereocenters. The quantitative estimate of drug-likeness (QED) is 0.497. The van der Waals surface area contributed by atoms with Crippen LogP contribution in [-0.2, 0) is 4.74 Å². The number of fused-ring (bicyclic) bond motifs is 1. The number of carbonyl (C=O) groups excluding carboxylic acids is 1. The molecule has 0 N–H and O–H groups in total. The van der Waals surface area contributed by atoms with E-state index in [0.29, 0.717) is 5.56 Å². The standard InChI is InChI=1S/C22H18O2Se/c1-15-11-13-16(14-12-15)20-21(25-17-7-3-2-4-8-17)18-9-5-6-10-19(18)22(23)24-20/h2-14,20-21H,1H3/t20-,21+/m0/s1. The molecule has 0 bridgehead atoms. The Kier molecular flexibility index (Phi) is 4.44. The molecule has 0 fully saturated rings. The van der Waals surface area contributed by atoms with Crippen LogP contribution in [0.3, 0.4) is 0 Å². The number of aryl methyl sites for hydroxylation is 1. The first-order chi connectivity index (χ1) is 12.2. The van der Waals surface area contributed by atoms with Crippen molar-refractivity contribution in [2.24, 2.45) is 0 Å². The first-order valence-electron chi connectivity index (χ1n) is 8.30. The summed E-state index contributed by atoms with van der Waals surface area (Å²) in [6.45, 7) is 2.07. The summed E-state index contributed by atoms with van der Waals surface area (Å²) in [5, 5.41) is 0. The molecule has 0 saturated heterocycles. The predicted octanol–water partition coefficient (Wildman–Crippen LogP) is 3.98. The second-order valence-electron chi connectivity index (χ2n) is 6.18. The normalized spacial score (nSPS) is 19.2. The minimum absolute atomic E-state index is 0.160. The minimum atomic E-state index is -0.233. The van der Waals surface area contributed by atoms with Crippen LogP contribution in [0, 0.1) is 6.92 Å². The van der Waals surface area contributed by atoms with E-state index in [1.165, 1.54) is 10.0 Å². The van der Waals surface area contributed by atoms with Gasteiger partial charge in [-0.1, -0.05) is 0 Å². The molecule has 4 rings (SSSR count). The molecule has 2 atom stereocenters. The molecular weight excluding hydrogens is 375 g/mol. The van der Waals surface area contributed by atoms with Crippen LogP contribution in [0.15, 0.2) is 78.9 Å². The number of rotatable bonds is 3. The zero-order valence-electron chi connectivity index (χ0n) is 13.9. The van der Waals surface area contributed by atoms with Crippen molar-refractivity contribution in [1.29, 1.82) is 0 Å². The SMILES string of the molecule is Cc1ccc([C@@H]2OC(=O)c3ccccc3[C@H]2[Se]c2ccccc2)cc1. The Morgan fingerprint density at radius 1 is 0.840 bits per heavy atom. The van der Waals surface area contributed by atoms with E-state index in [4.69, 9.17) is 4.74 Å². The summed E-state index contributed by atoms with van der Waals surface area (Å²) in [5.41, 5.74) is 4.08. The van der Waals surface area contributed by atoms with E-state index in [2.05, 4.69) is 61.5 Å². The van der Waals surface area contributed by atoms with Gasteiger partial charge in [0.15, 0.2) is 0 Å². The Morgan fingerprint density at radius 2 is 1.52 bits per heavy atom. The average molecular weight is 393 g/mol. The van der Waals surface area contributed by atoms with Crippen molar-refractivity contribution in [3.05, 3.63) is 101 Å². The van der Waals surface area contributed by atoms with Crippen LogP contribution in [0.4, 0.5) is 0 Å². The topological polar surface area (TPSA) is 26.3 Å². The van der Waals surface area contributed by atoms with Gasteiger partial charge in [0.1, 0.15) is 0 Å². The Labute approximate surface area is 154 Å². The van der Waals surface area contributed by atoms with Crippen LogP contribution < -0.4 is 4.46 Å². The summed E-state index contributed by atoms with van der Waals surface area (Å²) in [6.07, 6.45) is -0.233. The Balaban J connectivity index is 1.79. The maximum atomic E-state index is 12.5. The van der Waals surface area contributed by atoms with Crippen molar-refractivity contribution in [3.8, 4) is 0 Å². The molecule has 1 heterocycles. The summed E-state index contributed by atoms with van der Waals surface area (Å²) in [5.74, 6) is -0.221. The van der Waals surface area contributed by atoms with E-state index < -0.39 is 0 Å². The second-order valence-corrected chi connectivity index (χ2v) is 8.72. The van der Waals surface area contributed by atoms with E-state index in [-0.39, 0.29) is 31.8 Å². The first-order valence-corrected chi connectivity index (χ1v) is 10.1. The number of hydrogen-bond acceptors (Lipinski definition) is 2. The summed E-state index contributed by atoms with van der Waals surface area (Å²) in [6, 6.07) is 26.7. The third kappa shape index (κ3) is 3.26. The Bertz CT molecular complexity index is 887. The van der Waals surface area contributed by atoms with Crippen LogP contribution in [0.1, 0.15) is 38.0 Å². The van der Waals surface area contributed by atoms with E-state index in [0.717, 1.165) is 11.1 Å². The van der Waals surface area contributed by atoms with Crippen molar-refractivity contribution >= 4 is 25.4 Å². The fourth-order valence-corrected chi connectivity index (χ4v) is 5.78. The van der Waals surface area contributed by atoms with Gasteiger partial charge in [0.05, 0.1) is 0 Å². The molecule has 2 nitrogen and oxygen atoms in total. The van der Waals surface area contributed by atoms with Gasteiger partial charge in [0.2, 0.25) is 0 Å². The van der Waals surface area contributed by atoms with E-state index >= 15 is 0 Å². The van der Waals surface area contributed by atoms with E-state index in [9.17, 15) is 4.79 Å². The molecule has 1 aliphatic heterocycles. The number of hydrogen-bond donors (Lipinski definition) is 0. The van der Waals surface area contributed by atoms with Crippen LogP contribution >= 0.6 is 0 Å². The average Bonchev–Trinajstić information content (AvgIpc) is 2.66. The summed E-state index contributed by atoms with van der Waals surface area (Å²) in [4.78, 5) is 12.7. The number of benzene rings is 3. The third-order valence-electron chi connectivity index (χ3n) is 4.41. The van der Waals surface area contributed by atoms with Gasteiger partial charge in [-0.15, -0.1) is 0 Å². The van der Waals surface area contributed by atoms with Gasteiger partial charge in [0, 0.05) is 0 Å². The molecule has 0 aromatic heterocycles. The monoisotopic (exact) mass is 394 g/mol. The Hall–Kier alpha value is -2.35. The number of ether oxygens (including phenoxy) is 1. The molecule has 3 heteroatoms. The number of carbonyl (C=O) groups is 1. The number of cyclic esters (lactones) is 1. The van der Waals surface area contributed by atoms with Gasteiger partial charge in [-0.3, -0.25) is 0 Å². The third-order valence-corrected chi connectivity index (χ3v) is 7.13. The van der Waals surface area contributed by atoms with Gasteiger partial charge in [-0.05, 0) is 0 Å². The Morgan fingerprint density at radius 3 is 2.28 bits per heavy atom. The van der Waals surface area contributed by atoms with Crippen molar-refractivity contribution in [3.63, 3.8) is 0 Å². The molecule has 124 valence electrons. The van der Waals surface area contributed by atoms with Gasteiger partial charge >= 0.3 is 154 Å². The molecule has 3 aromatic rings.